The van der Waals surface area contributed by atoms with Crippen molar-refractivity contribution < 1.29 is 14.6 Å². The molecule has 0 bridgehead atoms. The van der Waals surface area contributed by atoms with Crippen molar-refractivity contribution in [3.63, 3.8) is 0 Å². The molecule has 2 aromatic rings. The van der Waals surface area contributed by atoms with Crippen LogP contribution in [0.5, 0.6) is 0 Å². The third-order valence-electron chi connectivity index (χ3n) is 5.34. The van der Waals surface area contributed by atoms with Crippen LogP contribution in [0.15, 0.2) is 24.5 Å². The maximum absolute atomic E-state index is 13.0. The van der Waals surface area contributed by atoms with Crippen molar-refractivity contribution in [1.82, 2.24) is 19.4 Å². The summed E-state index contributed by atoms with van der Waals surface area (Å²) in [5.74, 6) is -0.0806. The minimum atomic E-state index is -1.02. The first-order valence-corrected chi connectivity index (χ1v) is 9.27. The zero-order valence-corrected chi connectivity index (χ0v) is 15.2. The first-order chi connectivity index (χ1) is 12.5. The highest BCUT2D eigenvalue weighted by Crippen LogP contribution is 2.21. The molecule has 2 fully saturated rings. The summed E-state index contributed by atoms with van der Waals surface area (Å²) in [5.41, 5.74) is 1.37. The van der Waals surface area contributed by atoms with Crippen LogP contribution < -0.4 is 0 Å². The smallest absolute Gasteiger partial charge is 0.254 e. The van der Waals surface area contributed by atoms with Crippen molar-refractivity contribution >= 4 is 16.9 Å². The molecule has 1 aromatic heterocycles. The van der Waals surface area contributed by atoms with Crippen molar-refractivity contribution in [3.05, 3.63) is 30.1 Å². The Morgan fingerprint density at radius 1 is 1.31 bits per heavy atom. The highest BCUT2D eigenvalue weighted by molar-refractivity contribution is 5.97. The van der Waals surface area contributed by atoms with E-state index in [1.807, 2.05) is 29.8 Å². The fourth-order valence-electron chi connectivity index (χ4n) is 3.99. The normalized spacial score (nSPS) is 24.9. The largest absolute Gasteiger partial charge is 0.384 e. The summed E-state index contributed by atoms with van der Waals surface area (Å²) in [6, 6.07) is 5.57. The molecule has 0 radical (unpaired) electrons. The summed E-state index contributed by atoms with van der Waals surface area (Å²) < 4.78 is 7.55. The van der Waals surface area contributed by atoms with E-state index in [-0.39, 0.29) is 12.5 Å². The van der Waals surface area contributed by atoms with Crippen LogP contribution in [0.25, 0.3) is 11.0 Å². The Hall–Kier alpha value is -1.96. The Labute approximate surface area is 153 Å². The number of rotatable bonds is 3. The lowest BCUT2D eigenvalue weighted by atomic mass is 10.0. The molecule has 7 heteroatoms. The SMILES string of the molecule is Cn1cnc2cc(C(=O)N3CCOCC(O)(CN4CCCC4)C3)ccc21. The van der Waals surface area contributed by atoms with Crippen molar-refractivity contribution in [1.29, 1.82) is 0 Å². The molecule has 1 atom stereocenters. The number of β-amino-alcohol motifs (C(OH)–C–C–N with tert-alkyl or cyclic N) is 1. The fraction of sp³-hybridized carbons (Fsp3) is 0.579. The molecule has 140 valence electrons. The first-order valence-electron chi connectivity index (χ1n) is 9.27. The van der Waals surface area contributed by atoms with Crippen LogP contribution in [0.3, 0.4) is 0 Å². The number of carbonyl (C=O) groups is 1. The molecule has 3 heterocycles. The average molecular weight is 358 g/mol. The first kappa shape index (κ1) is 17.5. The fourth-order valence-corrected chi connectivity index (χ4v) is 3.99. The number of likely N-dealkylation sites (tertiary alicyclic amines) is 1. The number of aliphatic hydroxyl groups is 1. The van der Waals surface area contributed by atoms with E-state index >= 15 is 0 Å². The molecule has 0 spiro atoms. The van der Waals surface area contributed by atoms with E-state index in [0.717, 1.165) is 24.1 Å². The molecule has 1 unspecified atom stereocenters. The Balaban J connectivity index is 1.53. The molecule has 2 aliphatic heterocycles. The van der Waals surface area contributed by atoms with Gasteiger partial charge in [0.15, 0.2) is 0 Å². The van der Waals surface area contributed by atoms with Crippen LogP contribution in [0.2, 0.25) is 0 Å². The number of imidazole rings is 1. The van der Waals surface area contributed by atoms with Gasteiger partial charge in [0, 0.05) is 25.7 Å². The molecule has 4 rings (SSSR count). The second-order valence-electron chi connectivity index (χ2n) is 7.55. The molecular formula is C19H26N4O3. The number of amides is 1. The van der Waals surface area contributed by atoms with Crippen LogP contribution >= 0.6 is 0 Å². The lowest BCUT2D eigenvalue weighted by molar-refractivity contribution is -0.0524. The molecule has 1 amide bonds. The Kier molecular flexibility index (Phi) is 4.69. The minimum Gasteiger partial charge on any atom is -0.384 e. The standard InChI is InChI=1S/C19H26N4O3/c1-21-14-20-16-10-15(4-5-17(16)21)18(24)23-8-9-26-13-19(25,12-23)11-22-6-2-3-7-22/h4-5,10,14,25H,2-3,6-9,11-13H2,1H3. The summed E-state index contributed by atoms with van der Waals surface area (Å²) in [6.45, 7) is 4.06. The number of aryl methyl sites for hydroxylation is 1. The quantitative estimate of drug-likeness (QED) is 0.882. The molecular weight excluding hydrogens is 332 g/mol. The second kappa shape index (κ2) is 6.98. The molecule has 1 N–H and O–H groups in total. The minimum absolute atomic E-state index is 0.0806. The predicted molar refractivity (Wildman–Crippen MR) is 98.1 cm³/mol. The Bertz CT molecular complexity index is 799. The third-order valence-corrected chi connectivity index (χ3v) is 5.34. The molecule has 2 aliphatic rings. The number of hydrogen-bond acceptors (Lipinski definition) is 5. The zero-order valence-electron chi connectivity index (χ0n) is 15.2. The number of ether oxygens (including phenoxy) is 1. The maximum atomic E-state index is 13.0. The van der Waals surface area contributed by atoms with Gasteiger partial charge in [0.1, 0.15) is 5.60 Å². The molecule has 26 heavy (non-hydrogen) atoms. The van der Waals surface area contributed by atoms with E-state index < -0.39 is 5.60 Å². The van der Waals surface area contributed by atoms with Crippen LogP contribution in [-0.4, -0.2) is 81.9 Å². The monoisotopic (exact) mass is 358 g/mol. The van der Waals surface area contributed by atoms with Crippen molar-refractivity contribution in [2.45, 2.75) is 18.4 Å². The summed E-state index contributed by atoms with van der Waals surface area (Å²) >= 11 is 0. The van der Waals surface area contributed by atoms with Crippen LogP contribution in [0.1, 0.15) is 23.2 Å². The number of benzene rings is 1. The van der Waals surface area contributed by atoms with E-state index in [0.29, 0.717) is 31.8 Å². The van der Waals surface area contributed by atoms with Crippen LogP contribution in [0, 0.1) is 0 Å². The Morgan fingerprint density at radius 2 is 2.12 bits per heavy atom. The number of hydrogen-bond donors (Lipinski definition) is 1. The van der Waals surface area contributed by atoms with Gasteiger partial charge in [-0.15, -0.1) is 0 Å². The van der Waals surface area contributed by atoms with Gasteiger partial charge in [-0.1, -0.05) is 0 Å². The lowest BCUT2D eigenvalue weighted by Crippen LogP contribution is -2.53. The third kappa shape index (κ3) is 3.47. The molecule has 1 aromatic carbocycles. The summed E-state index contributed by atoms with van der Waals surface area (Å²) in [4.78, 5) is 21.3. The van der Waals surface area contributed by atoms with Gasteiger partial charge in [-0.2, -0.15) is 0 Å². The van der Waals surface area contributed by atoms with Crippen LogP contribution in [0.4, 0.5) is 0 Å². The van der Waals surface area contributed by atoms with Crippen LogP contribution in [-0.2, 0) is 11.8 Å². The Morgan fingerprint density at radius 3 is 2.92 bits per heavy atom. The summed E-state index contributed by atoms with van der Waals surface area (Å²) in [5, 5.41) is 11.1. The van der Waals surface area contributed by atoms with Gasteiger partial charge >= 0.3 is 0 Å². The number of carbonyl (C=O) groups excluding carboxylic acids is 1. The summed E-state index contributed by atoms with van der Waals surface area (Å²) in [6.07, 6.45) is 4.08. The van der Waals surface area contributed by atoms with E-state index in [2.05, 4.69) is 9.88 Å². The molecule has 7 nitrogen and oxygen atoms in total. The van der Waals surface area contributed by atoms with Gasteiger partial charge in [-0.25, -0.2) is 4.98 Å². The van der Waals surface area contributed by atoms with Gasteiger partial charge in [-0.05, 0) is 44.1 Å². The number of fused-ring (bicyclic) bond motifs is 1. The van der Waals surface area contributed by atoms with E-state index in [4.69, 9.17) is 4.74 Å². The number of aromatic nitrogens is 2. The van der Waals surface area contributed by atoms with Gasteiger partial charge in [0.05, 0.1) is 37.1 Å². The highest BCUT2D eigenvalue weighted by Gasteiger charge is 2.36. The predicted octanol–water partition coefficient (Wildman–Crippen LogP) is 0.873. The maximum Gasteiger partial charge on any atom is 0.254 e. The topological polar surface area (TPSA) is 70.8 Å². The highest BCUT2D eigenvalue weighted by atomic mass is 16.5. The zero-order chi connectivity index (χ0) is 18.1. The van der Waals surface area contributed by atoms with Gasteiger partial charge in [0.25, 0.3) is 5.91 Å². The van der Waals surface area contributed by atoms with E-state index in [1.54, 1.807) is 11.2 Å². The lowest BCUT2D eigenvalue weighted by Gasteiger charge is -2.34. The molecule has 0 aliphatic carbocycles. The van der Waals surface area contributed by atoms with Gasteiger partial charge < -0.3 is 24.2 Å². The summed E-state index contributed by atoms with van der Waals surface area (Å²) in [7, 11) is 1.93. The second-order valence-corrected chi connectivity index (χ2v) is 7.55. The average Bonchev–Trinajstić information content (AvgIpc) is 3.21. The van der Waals surface area contributed by atoms with Crippen molar-refractivity contribution in [2.75, 3.05) is 45.9 Å². The van der Waals surface area contributed by atoms with Crippen molar-refractivity contribution in [2.24, 2.45) is 7.05 Å². The van der Waals surface area contributed by atoms with Crippen molar-refractivity contribution in [3.8, 4) is 0 Å². The molecule has 2 saturated heterocycles. The van der Waals surface area contributed by atoms with Gasteiger partial charge in [-0.3, -0.25) is 4.79 Å². The van der Waals surface area contributed by atoms with Gasteiger partial charge in [0.2, 0.25) is 0 Å². The van der Waals surface area contributed by atoms with E-state index in [1.165, 1.54) is 12.8 Å². The van der Waals surface area contributed by atoms with E-state index in [9.17, 15) is 9.90 Å². The molecule has 0 saturated carbocycles. The number of nitrogens with zero attached hydrogens (tertiary/aromatic N) is 4.